The first-order chi connectivity index (χ1) is 9.69. The Balaban J connectivity index is 0. The molecule has 0 amide bonds. The van der Waals surface area contributed by atoms with Gasteiger partial charge >= 0.3 is 0 Å². The van der Waals surface area contributed by atoms with Gasteiger partial charge in [-0.05, 0) is 26.3 Å². The van der Waals surface area contributed by atoms with Gasteiger partial charge in [0, 0.05) is 18.8 Å². The van der Waals surface area contributed by atoms with E-state index in [1.54, 1.807) is 12.1 Å². The molecule has 0 spiro atoms. The molecule has 0 radical (unpaired) electrons. The Morgan fingerprint density at radius 3 is 1.85 bits per heavy atom. The first-order valence-electron chi connectivity index (χ1n) is 6.59. The lowest BCUT2D eigenvalue weighted by Gasteiger charge is -2.09. The Morgan fingerprint density at radius 2 is 1.55 bits per heavy atom. The molecule has 0 unspecified atom stereocenters. The normalized spacial score (nSPS) is 8.80. The molecule has 0 saturated heterocycles. The summed E-state index contributed by atoms with van der Waals surface area (Å²) in [5.41, 5.74) is 1.58. The van der Waals surface area contributed by atoms with E-state index in [-0.39, 0.29) is 6.29 Å². The number of aldehydes is 1. The zero-order valence-corrected chi connectivity index (χ0v) is 12.8. The SMILES string of the molecule is C=C.C=Cc1ccccc1C=O.CCOC(C)OCC. The minimum Gasteiger partial charge on any atom is -0.353 e. The molecular weight excluding hydrogens is 252 g/mol. The van der Waals surface area contributed by atoms with Crippen molar-refractivity contribution in [3.63, 3.8) is 0 Å². The van der Waals surface area contributed by atoms with Gasteiger partial charge in [-0.3, -0.25) is 4.79 Å². The van der Waals surface area contributed by atoms with Gasteiger partial charge in [-0.1, -0.05) is 36.9 Å². The number of benzene rings is 1. The molecule has 0 saturated carbocycles. The maximum absolute atomic E-state index is 10.3. The van der Waals surface area contributed by atoms with Crippen molar-refractivity contribution in [3.8, 4) is 0 Å². The van der Waals surface area contributed by atoms with Crippen LogP contribution in [-0.4, -0.2) is 25.8 Å². The average Bonchev–Trinajstić information content (AvgIpc) is 2.50. The monoisotopic (exact) mass is 278 g/mol. The first kappa shape index (κ1) is 20.6. The molecule has 0 aliphatic rings. The van der Waals surface area contributed by atoms with Gasteiger partial charge in [0.05, 0.1) is 0 Å². The number of ether oxygens (including phenoxy) is 2. The van der Waals surface area contributed by atoms with Crippen molar-refractivity contribution in [3.05, 3.63) is 55.1 Å². The zero-order chi connectivity index (χ0) is 15.8. The fourth-order valence-corrected chi connectivity index (χ4v) is 1.32. The summed E-state index contributed by atoms with van der Waals surface area (Å²) in [6.45, 7) is 16.8. The Bertz CT molecular complexity index is 328. The number of carbonyl (C=O) groups is 1. The van der Waals surface area contributed by atoms with Crippen LogP contribution in [0, 0.1) is 0 Å². The molecular formula is C17H26O3. The summed E-state index contributed by atoms with van der Waals surface area (Å²) in [5, 5.41) is 0. The second-order valence-electron chi connectivity index (χ2n) is 3.43. The van der Waals surface area contributed by atoms with E-state index in [1.165, 1.54) is 0 Å². The Hall–Kier alpha value is -1.71. The van der Waals surface area contributed by atoms with Crippen molar-refractivity contribution in [1.82, 2.24) is 0 Å². The van der Waals surface area contributed by atoms with Gasteiger partial charge in [-0.15, -0.1) is 13.2 Å². The van der Waals surface area contributed by atoms with E-state index in [0.29, 0.717) is 5.56 Å². The minimum atomic E-state index is -0.0370. The second-order valence-corrected chi connectivity index (χ2v) is 3.43. The lowest BCUT2D eigenvalue weighted by molar-refractivity contribution is -0.123. The van der Waals surface area contributed by atoms with Gasteiger partial charge in [-0.25, -0.2) is 0 Å². The van der Waals surface area contributed by atoms with Crippen LogP contribution < -0.4 is 0 Å². The van der Waals surface area contributed by atoms with Gasteiger partial charge in [0.1, 0.15) is 0 Å². The van der Waals surface area contributed by atoms with Crippen molar-refractivity contribution in [1.29, 1.82) is 0 Å². The predicted octanol–water partition coefficient (Wildman–Crippen LogP) is 4.35. The first-order valence-corrected chi connectivity index (χ1v) is 6.59. The molecule has 0 heterocycles. The molecule has 0 N–H and O–H groups in total. The molecule has 0 aromatic heterocycles. The lowest BCUT2D eigenvalue weighted by Crippen LogP contribution is -2.11. The van der Waals surface area contributed by atoms with Crippen molar-refractivity contribution < 1.29 is 14.3 Å². The number of hydrogen-bond acceptors (Lipinski definition) is 3. The van der Waals surface area contributed by atoms with Crippen molar-refractivity contribution >= 4 is 12.4 Å². The van der Waals surface area contributed by atoms with Gasteiger partial charge < -0.3 is 9.47 Å². The average molecular weight is 278 g/mol. The summed E-state index contributed by atoms with van der Waals surface area (Å²) in [7, 11) is 0. The maximum Gasteiger partial charge on any atom is 0.154 e. The van der Waals surface area contributed by atoms with Crippen molar-refractivity contribution in [2.75, 3.05) is 13.2 Å². The van der Waals surface area contributed by atoms with Crippen LogP contribution in [0.5, 0.6) is 0 Å². The summed E-state index contributed by atoms with van der Waals surface area (Å²) < 4.78 is 10.1. The topological polar surface area (TPSA) is 35.5 Å². The third-order valence-electron chi connectivity index (χ3n) is 2.15. The molecule has 1 rings (SSSR count). The maximum atomic E-state index is 10.3. The van der Waals surface area contributed by atoms with E-state index < -0.39 is 0 Å². The molecule has 3 heteroatoms. The Kier molecular flexibility index (Phi) is 15.8. The summed E-state index contributed by atoms with van der Waals surface area (Å²) in [6, 6.07) is 7.33. The molecule has 0 bridgehead atoms. The van der Waals surface area contributed by atoms with E-state index in [9.17, 15) is 4.79 Å². The van der Waals surface area contributed by atoms with Crippen molar-refractivity contribution in [2.24, 2.45) is 0 Å². The van der Waals surface area contributed by atoms with Gasteiger partial charge in [-0.2, -0.15) is 0 Å². The van der Waals surface area contributed by atoms with Crippen LogP contribution in [0.15, 0.2) is 44.0 Å². The van der Waals surface area contributed by atoms with Gasteiger partial charge in [0.2, 0.25) is 0 Å². The van der Waals surface area contributed by atoms with Crippen molar-refractivity contribution in [2.45, 2.75) is 27.1 Å². The van der Waals surface area contributed by atoms with Crippen LogP contribution >= 0.6 is 0 Å². The van der Waals surface area contributed by atoms with E-state index >= 15 is 0 Å². The smallest absolute Gasteiger partial charge is 0.154 e. The molecule has 20 heavy (non-hydrogen) atoms. The number of hydrogen-bond donors (Lipinski definition) is 0. The van der Waals surface area contributed by atoms with Gasteiger partial charge in [0.15, 0.2) is 12.6 Å². The van der Waals surface area contributed by atoms with Gasteiger partial charge in [0.25, 0.3) is 0 Å². The fourth-order valence-electron chi connectivity index (χ4n) is 1.32. The molecule has 0 aliphatic carbocycles. The third-order valence-corrected chi connectivity index (χ3v) is 2.15. The van der Waals surface area contributed by atoms with Crippen LogP contribution in [0.2, 0.25) is 0 Å². The highest BCUT2D eigenvalue weighted by Gasteiger charge is 1.94. The van der Waals surface area contributed by atoms with Crippen LogP contribution in [0.3, 0.4) is 0 Å². The summed E-state index contributed by atoms with van der Waals surface area (Å²) in [5.74, 6) is 0. The Labute approximate surface area is 122 Å². The Morgan fingerprint density at radius 1 is 1.10 bits per heavy atom. The molecule has 1 aromatic rings. The molecule has 3 nitrogen and oxygen atoms in total. The quantitative estimate of drug-likeness (QED) is 0.441. The van der Waals surface area contributed by atoms with E-state index in [1.807, 2.05) is 39.0 Å². The molecule has 1 aromatic carbocycles. The highest BCUT2D eigenvalue weighted by atomic mass is 16.7. The van der Waals surface area contributed by atoms with Crippen LogP contribution in [0.25, 0.3) is 6.08 Å². The number of rotatable bonds is 6. The van der Waals surface area contributed by atoms with E-state index in [4.69, 9.17) is 9.47 Å². The van der Waals surface area contributed by atoms with Crippen LogP contribution in [0.1, 0.15) is 36.7 Å². The third kappa shape index (κ3) is 10.2. The van der Waals surface area contributed by atoms with E-state index in [0.717, 1.165) is 25.1 Å². The summed E-state index contributed by atoms with van der Waals surface area (Å²) >= 11 is 0. The molecule has 112 valence electrons. The summed E-state index contributed by atoms with van der Waals surface area (Å²) in [6.07, 6.45) is 2.46. The molecule has 0 atom stereocenters. The lowest BCUT2D eigenvalue weighted by atomic mass is 10.1. The zero-order valence-electron chi connectivity index (χ0n) is 12.8. The predicted molar refractivity (Wildman–Crippen MR) is 85.9 cm³/mol. The molecule has 0 fully saturated rings. The standard InChI is InChI=1S/C9H8O.C6H14O2.C2H4/c1-2-8-5-3-4-6-9(8)7-10;1-4-7-6(3)8-5-2;1-2/h2-7H,1H2;6H,4-5H2,1-3H3;1-2H2. The minimum absolute atomic E-state index is 0.0370. The molecule has 0 aliphatic heterocycles. The largest absolute Gasteiger partial charge is 0.353 e. The highest BCUT2D eigenvalue weighted by molar-refractivity contribution is 5.81. The summed E-state index contributed by atoms with van der Waals surface area (Å²) in [4.78, 5) is 10.3. The fraction of sp³-hybridized carbons (Fsp3) is 0.353. The van der Waals surface area contributed by atoms with Crippen LogP contribution in [-0.2, 0) is 9.47 Å². The second kappa shape index (κ2) is 15.3. The highest BCUT2D eigenvalue weighted by Crippen LogP contribution is 2.06. The van der Waals surface area contributed by atoms with E-state index in [2.05, 4.69) is 19.7 Å². The van der Waals surface area contributed by atoms with Crippen LogP contribution in [0.4, 0.5) is 0 Å². The number of carbonyl (C=O) groups excluding carboxylic acids is 1.